The first kappa shape index (κ1) is 16.2. The van der Waals surface area contributed by atoms with Gasteiger partial charge in [-0.1, -0.05) is 0 Å². The molecule has 2 amide bonds. The van der Waals surface area contributed by atoms with Crippen molar-refractivity contribution >= 4 is 33.2 Å². The Morgan fingerprint density at radius 2 is 2.12 bits per heavy atom. The summed E-state index contributed by atoms with van der Waals surface area (Å²) in [6, 6.07) is 2.90. The number of carbonyl (C=O) groups is 2. The molecule has 2 aromatic rings. The number of pyridine rings is 1. The molecule has 3 saturated heterocycles. The molecular weight excluding hydrogens is 348 g/mol. The number of hydrogen-bond donors (Lipinski definition) is 2. The van der Waals surface area contributed by atoms with Crippen molar-refractivity contribution in [2.45, 2.75) is 50.2 Å². The maximum Gasteiger partial charge on any atom is 0.270 e. The van der Waals surface area contributed by atoms with Gasteiger partial charge in [-0.25, -0.2) is 4.98 Å². The summed E-state index contributed by atoms with van der Waals surface area (Å²) in [5.41, 5.74) is 1.10. The summed E-state index contributed by atoms with van der Waals surface area (Å²) in [6.07, 6.45) is 7.19. The lowest BCUT2D eigenvalue weighted by atomic mass is 9.95. The molecule has 2 N–H and O–H groups in total. The van der Waals surface area contributed by atoms with Crippen LogP contribution >= 0.6 is 11.3 Å². The van der Waals surface area contributed by atoms with Crippen molar-refractivity contribution in [3.63, 3.8) is 0 Å². The summed E-state index contributed by atoms with van der Waals surface area (Å²) < 4.78 is 0.950. The SMILES string of the molecule is O=C(N[C@@H]1C[C@H]2CC[C@@H]1N2)c1cc2c(C(=O)N3CCCC3)csc2cn1. The average Bonchev–Trinajstić information content (AvgIpc) is 3.44. The Kier molecular flexibility index (Phi) is 3.94. The van der Waals surface area contributed by atoms with Crippen LogP contribution < -0.4 is 10.6 Å². The standard InChI is InChI=1S/C19H22N4O2S/c24-18(22-15-7-11-3-4-14(15)21-11)16-8-12-13(10-26-17(12)9-20-16)19(25)23-5-1-2-6-23/h8-11,14-15,21H,1-7H2,(H,22,24)/t11-,14+,15-/m1/s1. The molecule has 136 valence electrons. The molecule has 0 saturated carbocycles. The van der Waals surface area contributed by atoms with Gasteiger partial charge in [0.2, 0.25) is 0 Å². The molecule has 0 unspecified atom stereocenters. The van der Waals surface area contributed by atoms with Crippen LogP contribution in [0.1, 0.15) is 53.0 Å². The molecule has 0 aromatic carbocycles. The smallest absolute Gasteiger partial charge is 0.270 e. The van der Waals surface area contributed by atoms with Crippen LogP contribution in [0.4, 0.5) is 0 Å². The minimum absolute atomic E-state index is 0.0728. The highest BCUT2D eigenvalue weighted by Gasteiger charge is 2.39. The molecule has 2 aromatic heterocycles. The number of fused-ring (bicyclic) bond motifs is 3. The number of hydrogen-bond acceptors (Lipinski definition) is 5. The van der Waals surface area contributed by atoms with E-state index in [1.54, 1.807) is 12.3 Å². The highest BCUT2D eigenvalue weighted by atomic mass is 32.1. The van der Waals surface area contributed by atoms with Gasteiger partial charge in [0.1, 0.15) is 5.69 Å². The maximum atomic E-state index is 12.8. The molecule has 0 spiro atoms. The van der Waals surface area contributed by atoms with Gasteiger partial charge in [0.15, 0.2) is 0 Å². The fraction of sp³-hybridized carbons (Fsp3) is 0.526. The van der Waals surface area contributed by atoms with Crippen molar-refractivity contribution < 1.29 is 9.59 Å². The number of nitrogens with one attached hydrogen (secondary N) is 2. The van der Waals surface area contributed by atoms with E-state index in [2.05, 4.69) is 15.6 Å². The van der Waals surface area contributed by atoms with Crippen LogP contribution in [0.3, 0.4) is 0 Å². The van der Waals surface area contributed by atoms with Crippen molar-refractivity contribution in [1.29, 1.82) is 0 Å². The van der Waals surface area contributed by atoms with E-state index in [9.17, 15) is 9.59 Å². The zero-order valence-electron chi connectivity index (χ0n) is 14.5. The maximum absolute atomic E-state index is 12.8. The van der Waals surface area contributed by atoms with E-state index in [4.69, 9.17) is 0 Å². The van der Waals surface area contributed by atoms with Gasteiger partial charge >= 0.3 is 0 Å². The Hall–Kier alpha value is -1.99. The first-order valence-electron chi connectivity index (χ1n) is 9.42. The predicted molar refractivity (Wildman–Crippen MR) is 101 cm³/mol. The Morgan fingerprint density at radius 1 is 1.27 bits per heavy atom. The highest BCUT2D eigenvalue weighted by molar-refractivity contribution is 7.17. The van der Waals surface area contributed by atoms with Crippen molar-refractivity contribution in [3.05, 3.63) is 28.9 Å². The van der Waals surface area contributed by atoms with E-state index < -0.39 is 0 Å². The molecule has 6 nitrogen and oxygen atoms in total. The van der Waals surface area contributed by atoms with Crippen LogP contribution in [0.2, 0.25) is 0 Å². The number of amides is 2. The van der Waals surface area contributed by atoms with E-state index >= 15 is 0 Å². The third kappa shape index (κ3) is 2.70. The van der Waals surface area contributed by atoms with Gasteiger partial charge in [-0.05, 0) is 38.2 Å². The second-order valence-corrected chi connectivity index (χ2v) is 8.49. The van der Waals surface area contributed by atoms with Crippen LogP contribution in [0.15, 0.2) is 17.6 Å². The van der Waals surface area contributed by atoms with E-state index in [0.717, 1.165) is 48.9 Å². The number of thiophene rings is 1. The predicted octanol–water partition coefficient (Wildman–Crippen LogP) is 2.15. The number of carbonyl (C=O) groups excluding carboxylic acids is 2. The van der Waals surface area contributed by atoms with Gasteiger partial charge in [0, 0.05) is 48.2 Å². The summed E-state index contributed by atoms with van der Waals surface area (Å²) >= 11 is 1.51. The number of likely N-dealkylation sites (tertiary alicyclic amines) is 1. The van der Waals surface area contributed by atoms with Crippen molar-refractivity contribution in [2.75, 3.05) is 13.1 Å². The lowest BCUT2D eigenvalue weighted by Crippen LogP contribution is -2.43. The molecule has 3 aliphatic rings. The third-order valence-electron chi connectivity index (χ3n) is 5.93. The Bertz CT molecular complexity index is 874. The molecule has 26 heavy (non-hydrogen) atoms. The van der Waals surface area contributed by atoms with E-state index in [1.807, 2.05) is 10.3 Å². The summed E-state index contributed by atoms with van der Waals surface area (Å²) in [6.45, 7) is 1.65. The van der Waals surface area contributed by atoms with E-state index in [1.165, 1.54) is 17.8 Å². The molecule has 3 fully saturated rings. The second kappa shape index (κ2) is 6.32. The minimum Gasteiger partial charge on any atom is -0.346 e. The average molecular weight is 370 g/mol. The fourth-order valence-corrected chi connectivity index (χ4v) is 5.42. The van der Waals surface area contributed by atoms with Gasteiger partial charge in [0.25, 0.3) is 11.8 Å². The van der Waals surface area contributed by atoms with Gasteiger partial charge < -0.3 is 15.5 Å². The zero-order chi connectivity index (χ0) is 17.7. The van der Waals surface area contributed by atoms with Crippen LogP contribution in [-0.4, -0.2) is 52.9 Å². The van der Waals surface area contributed by atoms with Crippen LogP contribution in [0.5, 0.6) is 0 Å². The zero-order valence-corrected chi connectivity index (χ0v) is 15.3. The summed E-state index contributed by atoms with van der Waals surface area (Å²) in [7, 11) is 0. The molecule has 2 bridgehead atoms. The van der Waals surface area contributed by atoms with Crippen molar-refractivity contribution in [1.82, 2.24) is 20.5 Å². The number of rotatable bonds is 3. The topological polar surface area (TPSA) is 74.3 Å². The van der Waals surface area contributed by atoms with Crippen LogP contribution in [-0.2, 0) is 0 Å². The van der Waals surface area contributed by atoms with Crippen molar-refractivity contribution in [2.24, 2.45) is 0 Å². The van der Waals surface area contributed by atoms with Crippen molar-refractivity contribution in [3.8, 4) is 0 Å². The normalized spacial score (nSPS) is 27.4. The highest BCUT2D eigenvalue weighted by Crippen LogP contribution is 2.30. The van der Waals surface area contributed by atoms with Gasteiger partial charge in [-0.2, -0.15) is 0 Å². The molecule has 3 atom stereocenters. The monoisotopic (exact) mass is 370 g/mol. The lowest BCUT2D eigenvalue weighted by molar-refractivity contribution is 0.0794. The Balaban J connectivity index is 1.39. The van der Waals surface area contributed by atoms with Gasteiger partial charge in [-0.3, -0.25) is 9.59 Å². The number of aromatic nitrogens is 1. The molecular formula is C19H22N4O2S. The molecule has 5 heterocycles. The molecule has 3 aliphatic heterocycles. The second-order valence-electron chi connectivity index (χ2n) is 7.58. The quantitative estimate of drug-likeness (QED) is 0.868. The van der Waals surface area contributed by atoms with E-state index in [0.29, 0.717) is 23.3 Å². The summed E-state index contributed by atoms with van der Waals surface area (Å²) in [5, 5.41) is 9.41. The van der Waals surface area contributed by atoms with Gasteiger partial charge in [-0.15, -0.1) is 11.3 Å². The van der Waals surface area contributed by atoms with Crippen LogP contribution in [0.25, 0.3) is 10.1 Å². The first-order chi connectivity index (χ1) is 12.7. The number of nitrogens with zero attached hydrogens (tertiary/aromatic N) is 2. The largest absolute Gasteiger partial charge is 0.346 e. The fourth-order valence-electron chi connectivity index (χ4n) is 4.54. The summed E-state index contributed by atoms with van der Waals surface area (Å²) in [5.74, 6) is -0.0689. The lowest BCUT2D eigenvalue weighted by Gasteiger charge is -2.21. The molecule has 5 rings (SSSR count). The molecule has 0 aliphatic carbocycles. The first-order valence-corrected chi connectivity index (χ1v) is 10.3. The van der Waals surface area contributed by atoms with Gasteiger partial charge in [0.05, 0.1) is 10.3 Å². The van der Waals surface area contributed by atoms with E-state index in [-0.39, 0.29) is 17.9 Å². The van der Waals surface area contributed by atoms with Crippen LogP contribution in [0, 0.1) is 0 Å². The summed E-state index contributed by atoms with van der Waals surface area (Å²) in [4.78, 5) is 31.7. The third-order valence-corrected chi connectivity index (χ3v) is 6.87. The molecule has 7 heteroatoms. The molecule has 0 radical (unpaired) electrons. The Morgan fingerprint density at radius 3 is 2.85 bits per heavy atom. The Labute approximate surface area is 156 Å². The minimum atomic E-state index is -0.142.